The first-order valence-electron chi connectivity index (χ1n) is 8.48. The maximum Gasteiger partial charge on any atom is 0.270 e. The number of Topliss-reactive ketones (excluding diaryl/α,β-unsaturated/α-hetero) is 1. The van der Waals surface area contributed by atoms with Crippen molar-refractivity contribution in [1.29, 1.82) is 0 Å². The molecular formula is C20H14F2N2O3S2. The van der Waals surface area contributed by atoms with Crippen LogP contribution in [0.5, 0.6) is 0 Å². The summed E-state index contributed by atoms with van der Waals surface area (Å²) in [6.07, 6.45) is 0.913. The third-order valence-electron chi connectivity index (χ3n) is 4.37. The number of allylic oxidation sites excluding steroid dienone is 1. The molecule has 1 N–H and O–H groups in total. The zero-order chi connectivity index (χ0) is 20.6. The number of thiophene rings is 1. The molecule has 9 heteroatoms. The number of sulfonamides is 1. The highest BCUT2D eigenvalue weighted by Crippen LogP contribution is 2.39. The average Bonchev–Trinajstić information content (AvgIpc) is 3.18. The van der Waals surface area contributed by atoms with Gasteiger partial charge in [-0.05, 0) is 29.1 Å². The van der Waals surface area contributed by atoms with Crippen LogP contribution in [0, 0.1) is 11.6 Å². The molecule has 0 amide bonds. The second-order valence-electron chi connectivity index (χ2n) is 6.24. The van der Waals surface area contributed by atoms with Crippen molar-refractivity contribution >= 4 is 38.5 Å². The number of benzene rings is 2. The smallest absolute Gasteiger partial charge is 0.270 e. The fourth-order valence-electron chi connectivity index (χ4n) is 2.96. The summed E-state index contributed by atoms with van der Waals surface area (Å²) in [5.74, 6) is -2.16. The number of nitrogens with one attached hydrogen (secondary N) is 1. The number of halogens is 2. The van der Waals surface area contributed by atoms with Gasteiger partial charge in [0.15, 0.2) is 4.91 Å². The number of nitrogens with zero attached hydrogens (tertiary/aromatic N) is 1. The lowest BCUT2D eigenvalue weighted by Gasteiger charge is -2.29. The van der Waals surface area contributed by atoms with E-state index >= 15 is 0 Å². The van der Waals surface area contributed by atoms with E-state index in [9.17, 15) is 22.0 Å². The van der Waals surface area contributed by atoms with Gasteiger partial charge in [0, 0.05) is 12.3 Å². The molecule has 0 aliphatic carbocycles. The molecule has 4 rings (SSSR count). The molecule has 2 heterocycles. The lowest BCUT2D eigenvalue weighted by Crippen LogP contribution is -2.38. The lowest BCUT2D eigenvalue weighted by atomic mass is 10.2. The maximum absolute atomic E-state index is 13.9. The van der Waals surface area contributed by atoms with Gasteiger partial charge in [0.05, 0.1) is 17.9 Å². The Morgan fingerprint density at radius 1 is 1.07 bits per heavy atom. The van der Waals surface area contributed by atoms with Crippen molar-refractivity contribution in [3.05, 3.63) is 93.2 Å². The van der Waals surface area contributed by atoms with Gasteiger partial charge in [-0.2, -0.15) is 0 Å². The van der Waals surface area contributed by atoms with Crippen LogP contribution < -0.4 is 9.62 Å². The topological polar surface area (TPSA) is 66.5 Å². The van der Waals surface area contributed by atoms with Crippen molar-refractivity contribution in [3.63, 3.8) is 0 Å². The zero-order valence-corrected chi connectivity index (χ0v) is 16.4. The molecule has 0 unspecified atom stereocenters. The largest absolute Gasteiger partial charge is 0.358 e. The van der Waals surface area contributed by atoms with Gasteiger partial charge in [-0.3, -0.25) is 9.10 Å². The maximum atomic E-state index is 13.9. The Bertz CT molecular complexity index is 1220. The minimum absolute atomic E-state index is 0.0336. The van der Waals surface area contributed by atoms with Crippen LogP contribution >= 0.6 is 11.3 Å². The van der Waals surface area contributed by atoms with Crippen molar-refractivity contribution in [1.82, 2.24) is 0 Å². The van der Waals surface area contributed by atoms with E-state index in [1.807, 2.05) is 6.07 Å². The third-order valence-corrected chi connectivity index (χ3v) is 7.03. The number of ketones is 1. The average molecular weight is 432 g/mol. The Labute approximate surface area is 170 Å². The standard InChI is InChI=1S/C20H14F2N2O3S2/c21-14-6-7-15(22)16(10-14)23-11-18-19(25)20-17(8-9-28-20)24(29(18,26)27)12-13-4-2-1-3-5-13/h1-11,23H,12H2/b18-11-. The molecule has 0 spiro atoms. The van der Waals surface area contributed by atoms with Crippen molar-refractivity contribution in [2.24, 2.45) is 0 Å². The molecule has 1 aliphatic heterocycles. The summed E-state index contributed by atoms with van der Waals surface area (Å²) < 4.78 is 54.8. The van der Waals surface area contributed by atoms with E-state index in [0.29, 0.717) is 5.69 Å². The Kier molecular flexibility index (Phi) is 4.93. The summed E-state index contributed by atoms with van der Waals surface area (Å²) in [5.41, 5.74) is 0.774. The summed E-state index contributed by atoms with van der Waals surface area (Å²) in [6.45, 7) is 0.0336. The van der Waals surface area contributed by atoms with Gasteiger partial charge in [0.2, 0.25) is 5.78 Å². The van der Waals surface area contributed by atoms with Gasteiger partial charge in [-0.25, -0.2) is 17.2 Å². The van der Waals surface area contributed by atoms with Gasteiger partial charge in [0.25, 0.3) is 10.0 Å². The molecule has 3 aromatic rings. The van der Waals surface area contributed by atoms with Gasteiger partial charge in [-0.1, -0.05) is 30.3 Å². The van der Waals surface area contributed by atoms with E-state index in [4.69, 9.17) is 0 Å². The summed E-state index contributed by atoms with van der Waals surface area (Å²) in [5, 5.41) is 4.06. The van der Waals surface area contributed by atoms with E-state index in [2.05, 4.69) is 5.32 Å². The summed E-state index contributed by atoms with van der Waals surface area (Å²) in [4.78, 5) is 12.5. The number of hydrogen-bond acceptors (Lipinski definition) is 5. The molecule has 29 heavy (non-hydrogen) atoms. The molecular weight excluding hydrogens is 418 g/mol. The van der Waals surface area contributed by atoms with Crippen LogP contribution in [-0.2, 0) is 16.6 Å². The Balaban J connectivity index is 1.77. The Morgan fingerprint density at radius 3 is 2.59 bits per heavy atom. The first-order chi connectivity index (χ1) is 13.9. The van der Waals surface area contributed by atoms with Crippen molar-refractivity contribution in [2.75, 3.05) is 9.62 Å². The first kappa shape index (κ1) is 19.3. The number of rotatable bonds is 4. The predicted octanol–water partition coefficient (Wildman–Crippen LogP) is 4.51. The Hall–Kier alpha value is -3.04. The number of hydrogen-bond donors (Lipinski definition) is 1. The minimum atomic E-state index is -4.22. The van der Waals surface area contributed by atoms with Crippen LogP contribution in [0.1, 0.15) is 15.2 Å². The lowest BCUT2D eigenvalue weighted by molar-refractivity contribution is 0.104. The van der Waals surface area contributed by atoms with E-state index in [0.717, 1.165) is 45.6 Å². The molecule has 5 nitrogen and oxygen atoms in total. The van der Waals surface area contributed by atoms with Crippen LogP contribution in [0.4, 0.5) is 20.2 Å². The molecule has 1 aliphatic rings. The fourth-order valence-corrected chi connectivity index (χ4v) is 5.44. The number of anilines is 2. The molecule has 2 aromatic carbocycles. The highest BCUT2D eigenvalue weighted by atomic mass is 32.2. The minimum Gasteiger partial charge on any atom is -0.358 e. The summed E-state index contributed by atoms with van der Waals surface area (Å²) in [6, 6.07) is 13.3. The van der Waals surface area contributed by atoms with Crippen LogP contribution in [0.3, 0.4) is 0 Å². The van der Waals surface area contributed by atoms with Gasteiger partial charge in [0.1, 0.15) is 16.5 Å². The van der Waals surface area contributed by atoms with Gasteiger partial charge in [-0.15, -0.1) is 11.3 Å². The van der Waals surface area contributed by atoms with E-state index < -0.39 is 32.3 Å². The van der Waals surface area contributed by atoms with E-state index in [1.54, 1.807) is 35.7 Å². The van der Waals surface area contributed by atoms with Gasteiger partial charge >= 0.3 is 0 Å². The molecule has 1 aromatic heterocycles. The van der Waals surface area contributed by atoms with Crippen molar-refractivity contribution in [3.8, 4) is 0 Å². The molecule has 0 fully saturated rings. The Morgan fingerprint density at radius 2 is 1.83 bits per heavy atom. The van der Waals surface area contributed by atoms with Crippen LogP contribution in [-0.4, -0.2) is 14.2 Å². The fraction of sp³-hybridized carbons (Fsp3) is 0.0500. The second-order valence-corrected chi connectivity index (χ2v) is 8.99. The summed E-state index contributed by atoms with van der Waals surface area (Å²) >= 11 is 1.12. The van der Waals surface area contributed by atoms with Crippen LogP contribution in [0.15, 0.2) is 71.1 Å². The molecule has 0 radical (unpaired) electrons. The SMILES string of the molecule is O=C1/C(=C/Nc2cc(F)ccc2F)S(=O)(=O)N(Cc2ccccc2)c2ccsc21. The normalized spacial score (nSPS) is 16.7. The number of carbonyl (C=O) groups is 1. The van der Waals surface area contributed by atoms with E-state index in [1.165, 1.54) is 0 Å². The second kappa shape index (κ2) is 7.41. The third kappa shape index (κ3) is 3.54. The molecule has 0 saturated carbocycles. The molecule has 0 bridgehead atoms. The van der Waals surface area contributed by atoms with Crippen LogP contribution in [0.25, 0.3) is 0 Å². The predicted molar refractivity (Wildman–Crippen MR) is 108 cm³/mol. The van der Waals surface area contributed by atoms with Crippen molar-refractivity contribution in [2.45, 2.75) is 6.54 Å². The number of fused-ring (bicyclic) bond motifs is 1. The van der Waals surface area contributed by atoms with Crippen LogP contribution in [0.2, 0.25) is 0 Å². The molecule has 148 valence electrons. The quantitative estimate of drug-likeness (QED) is 0.616. The highest BCUT2D eigenvalue weighted by Gasteiger charge is 2.41. The summed E-state index contributed by atoms with van der Waals surface area (Å²) in [7, 11) is -4.22. The number of carbonyl (C=O) groups excluding carboxylic acids is 1. The van der Waals surface area contributed by atoms with E-state index in [-0.39, 0.29) is 17.1 Å². The first-order valence-corrected chi connectivity index (χ1v) is 10.8. The monoisotopic (exact) mass is 432 g/mol. The molecule has 0 saturated heterocycles. The molecule has 0 atom stereocenters. The zero-order valence-electron chi connectivity index (χ0n) is 14.8. The highest BCUT2D eigenvalue weighted by molar-refractivity contribution is 7.97. The van der Waals surface area contributed by atoms with Crippen molar-refractivity contribution < 1.29 is 22.0 Å². The van der Waals surface area contributed by atoms with Gasteiger partial charge < -0.3 is 5.32 Å².